The van der Waals surface area contributed by atoms with Gasteiger partial charge in [0.1, 0.15) is 5.82 Å². The Kier molecular flexibility index (Phi) is 2.76. The van der Waals surface area contributed by atoms with Gasteiger partial charge in [0.25, 0.3) is 0 Å². The average Bonchev–Trinajstić information content (AvgIpc) is 2.17. The molecule has 1 N–H and O–H groups in total. The Morgan fingerprint density at radius 3 is 2.73 bits per heavy atom. The van der Waals surface area contributed by atoms with Crippen molar-refractivity contribution in [1.82, 2.24) is 5.32 Å². The van der Waals surface area contributed by atoms with Gasteiger partial charge in [0, 0.05) is 26.6 Å². The molecule has 0 atom stereocenters. The highest BCUT2D eigenvalue weighted by Gasteiger charge is 2.37. The molecular formula is C12H16FNO. The Balaban J connectivity index is 2.19. The fraction of sp³-hybridized carbons (Fsp3) is 0.500. The minimum Gasteiger partial charge on any atom is -0.375 e. The minimum absolute atomic E-state index is 0.126. The van der Waals surface area contributed by atoms with E-state index in [1.54, 1.807) is 13.2 Å². The number of nitrogens with one attached hydrogen (secondary N) is 1. The Bertz CT molecular complexity index is 355. The van der Waals surface area contributed by atoms with Crippen molar-refractivity contribution < 1.29 is 9.13 Å². The third kappa shape index (κ3) is 2.03. The number of hydrogen-bond donors (Lipinski definition) is 1. The highest BCUT2D eigenvalue weighted by Crippen LogP contribution is 2.24. The Morgan fingerprint density at radius 1 is 1.47 bits per heavy atom. The van der Waals surface area contributed by atoms with Crippen LogP contribution < -0.4 is 5.32 Å². The van der Waals surface area contributed by atoms with Gasteiger partial charge in [0.15, 0.2) is 0 Å². The highest BCUT2D eigenvalue weighted by atomic mass is 19.1. The lowest BCUT2D eigenvalue weighted by atomic mass is 9.87. The predicted octanol–water partition coefficient (Wildman–Crippen LogP) is 1.67. The number of rotatable bonds is 3. The molecule has 0 amide bonds. The second-order valence-corrected chi connectivity index (χ2v) is 4.24. The van der Waals surface area contributed by atoms with Crippen molar-refractivity contribution in [1.29, 1.82) is 0 Å². The van der Waals surface area contributed by atoms with Crippen LogP contribution in [-0.2, 0) is 11.2 Å². The summed E-state index contributed by atoms with van der Waals surface area (Å²) in [6, 6.07) is 4.92. The van der Waals surface area contributed by atoms with E-state index >= 15 is 0 Å². The molecule has 3 heteroatoms. The van der Waals surface area contributed by atoms with Crippen LogP contribution in [0, 0.1) is 12.7 Å². The third-order valence-electron chi connectivity index (χ3n) is 3.15. The van der Waals surface area contributed by atoms with Gasteiger partial charge < -0.3 is 10.1 Å². The summed E-state index contributed by atoms with van der Waals surface area (Å²) in [6.07, 6.45) is 0.778. The molecule has 2 nitrogen and oxygen atoms in total. The number of aryl methyl sites for hydroxylation is 1. The number of halogens is 1. The van der Waals surface area contributed by atoms with Gasteiger partial charge in [-0.1, -0.05) is 6.07 Å². The van der Waals surface area contributed by atoms with E-state index < -0.39 is 0 Å². The van der Waals surface area contributed by atoms with Crippen molar-refractivity contribution in [2.24, 2.45) is 0 Å². The van der Waals surface area contributed by atoms with Crippen LogP contribution in [0.1, 0.15) is 11.1 Å². The van der Waals surface area contributed by atoms with E-state index in [4.69, 9.17) is 4.74 Å². The maximum atomic E-state index is 13.1. The fourth-order valence-corrected chi connectivity index (χ4v) is 1.92. The lowest BCUT2D eigenvalue weighted by Gasteiger charge is -2.41. The fourth-order valence-electron chi connectivity index (χ4n) is 1.92. The van der Waals surface area contributed by atoms with Crippen molar-refractivity contribution in [3.63, 3.8) is 0 Å². The quantitative estimate of drug-likeness (QED) is 0.817. The number of ether oxygens (including phenoxy) is 1. The predicted molar refractivity (Wildman–Crippen MR) is 57.5 cm³/mol. The van der Waals surface area contributed by atoms with Crippen LogP contribution in [0.3, 0.4) is 0 Å². The molecule has 0 saturated carbocycles. The molecule has 1 saturated heterocycles. The van der Waals surface area contributed by atoms with E-state index in [2.05, 4.69) is 5.32 Å². The van der Waals surface area contributed by atoms with Crippen LogP contribution in [0.2, 0.25) is 0 Å². The zero-order valence-corrected chi connectivity index (χ0v) is 9.14. The van der Waals surface area contributed by atoms with Gasteiger partial charge in [-0.15, -0.1) is 0 Å². The SMILES string of the molecule is COC1(Cc2cc(F)ccc2C)CNC1. The summed E-state index contributed by atoms with van der Waals surface area (Å²) in [7, 11) is 1.72. The van der Waals surface area contributed by atoms with Crippen molar-refractivity contribution in [2.75, 3.05) is 20.2 Å². The highest BCUT2D eigenvalue weighted by molar-refractivity contribution is 5.29. The molecular weight excluding hydrogens is 193 g/mol. The van der Waals surface area contributed by atoms with Crippen LogP contribution in [0.25, 0.3) is 0 Å². The standard InChI is InChI=1S/C12H16FNO/c1-9-3-4-11(13)5-10(9)6-12(15-2)7-14-8-12/h3-5,14H,6-8H2,1-2H3. The molecule has 2 rings (SSSR count). The Morgan fingerprint density at radius 2 is 2.20 bits per heavy atom. The van der Waals surface area contributed by atoms with Crippen LogP contribution in [0.15, 0.2) is 18.2 Å². The van der Waals surface area contributed by atoms with Crippen LogP contribution in [0.5, 0.6) is 0 Å². The van der Waals surface area contributed by atoms with Crippen LogP contribution in [0.4, 0.5) is 4.39 Å². The molecule has 0 aromatic heterocycles. The normalized spacial score (nSPS) is 18.6. The molecule has 1 fully saturated rings. The maximum absolute atomic E-state index is 13.1. The topological polar surface area (TPSA) is 21.3 Å². The van der Waals surface area contributed by atoms with Crippen molar-refractivity contribution in [3.05, 3.63) is 35.1 Å². The lowest BCUT2D eigenvalue weighted by molar-refractivity contribution is -0.0503. The van der Waals surface area contributed by atoms with Gasteiger partial charge in [0.2, 0.25) is 0 Å². The summed E-state index contributed by atoms with van der Waals surface area (Å²) in [5, 5.41) is 3.19. The first-order valence-electron chi connectivity index (χ1n) is 5.16. The van der Waals surface area contributed by atoms with E-state index in [-0.39, 0.29) is 11.4 Å². The van der Waals surface area contributed by atoms with Gasteiger partial charge >= 0.3 is 0 Å². The summed E-state index contributed by atoms with van der Waals surface area (Å²) >= 11 is 0. The molecule has 0 spiro atoms. The van der Waals surface area contributed by atoms with E-state index in [0.717, 1.165) is 30.6 Å². The van der Waals surface area contributed by atoms with E-state index in [1.807, 2.05) is 13.0 Å². The molecule has 82 valence electrons. The molecule has 15 heavy (non-hydrogen) atoms. The summed E-state index contributed by atoms with van der Waals surface area (Å²) in [4.78, 5) is 0. The van der Waals surface area contributed by atoms with E-state index in [0.29, 0.717) is 0 Å². The first-order valence-corrected chi connectivity index (χ1v) is 5.16. The average molecular weight is 209 g/mol. The molecule has 1 aliphatic rings. The van der Waals surface area contributed by atoms with Gasteiger partial charge in [-0.25, -0.2) is 4.39 Å². The second kappa shape index (κ2) is 3.91. The van der Waals surface area contributed by atoms with Gasteiger partial charge in [0.05, 0.1) is 5.60 Å². The van der Waals surface area contributed by atoms with Crippen molar-refractivity contribution in [3.8, 4) is 0 Å². The monoisotopic (exact) mass is 209 g/mol. The number of hydrogen-bond acceptors (Lipinski definition) is 2. The number of benzene rings is 1. The summed E-state index contributed by atoms with van der Waals surface area (Å²) in [5.41, 5.74) is 2.04. The zero-order valence-electron chi connectivity index (χ0n) is 9.14. The third-order valence-corrected chi connectivity index (χ3v) is 3.15. The first kappa shape index (κ1) is 10.6. The molecule has 1 aliphatic heterocycles. The summed E-state index contributed by atoms with van der Waals surface area (Å²) < 4.78 is 18.6. The minimum atomic E-state index is -0.172. The zero-order chi connectivity index (χ0) is 10.9. The van der Waals surface area contributed by atoms with Gasteiger partial charge in [-0.05, 0) is 30.2 Å². The molecule has 1 heterocycles. The van der Waals surface area contributed by atoms with Gasteiger partial charge in [-0.2, -0.15) is 0 Å². The molecule has 1 aromatic carbocycles. The van der Waals surface area contributed by atoms with Crippen LogP contribution >= 0.6 is 0 Å². The Labute approximate surface area is 89.4 Å². The van der Waals surface area contributed by atoms with E-state index in [9.17, 15) is 4.39 Å². The summed E-state index contributed by atoms with van der Waals surface area (Å²) in [5.74, 6) is -0.172. The second-order valence-electron chi connectivity index (χ2n) is 4.24. The van der Waals surface area contributed by atoms with Gasteiger partial charge in [-0.3, -0.25) is 0 Å². The molecule has 0 radical (unpaired) electrons. The summed E-state index contributed by atoms with van der Waals surface area (Å²) in [6.45, 7) is 3.70. The molecule has 0 aliphatic carbocycles. The van der Waals surface area contributed by atoms with Crippen LogP contribution in [-0.4, -0.2) is 25.8 Å². The van der Waals surface area contributed by atoms with Crippen molar-refractivity contribution in [2.45, 2.75) is 18.9 Å². The molecule has 1 aromatic rings. The molecule has 0 bridgehead atoms. The maximum Gasteiger partial charge on any atom is 0.123 e. The van der Waals surface area contributed by atoms with Crippen molar-refractivity contribution >= 4 is 0 Å². The number of methoxy groups -OCH3 is 1. The Hall–Kier alpha value is -0.930. The lowest BCUT2D eigenvalue weighted by Crippen LogP contribution is -2.61. The largest absolute Gasteiger partial charge is 0.375 e. The van der Waals surface area contributed by atoms with E-state index in [1.165, 1.54) is 6.07 Å². The first-order chi connectivity index (χ1) is 7.15. The molecule has 0 unspecified atom stereocenters. The smallest absolute Gasteiger partial charge is 0.123 e.